The second-order valence-electron chi connectivity index (χ2n) is 16.9. The van der Waals surface area contributed by atoms with Crippen LogP contribution in [-0.2, 0) is 23.9 Å². The molecule has 17 heteroatoms. The normalized spacial score (nSPS) is 31.2. The van der Waals surface area contributed by atoms with Gasteiger partial charge < -0.3 is 55.5 Å². The van der Waals surface area contributed by atoms with Crippen molar-refractivity contribution in [3.05, 3.63) is 119 Å². The molecule has 5 aliphatic rings. The molecule has 10 atom stereocenters. The molecule has 8 rings (SSSR count). The second kappa shape index (κ2) is 19.2. The summed E-state index contributed by atoms with van der Waals surface area (Å²) in [5.74, 6) is -2.39. The van der Waals surface area contributed by atoms with Crippen molar-refractivity contribution in [2.24, 2.45) is 28.5 Å². The van der Waals surface area contributed by atoms with Crippen LogP contribution in [0.1, 0.15) is 48.4 Å². The van der Waals surface area contributed by atoms with E-state index in [1.165, 1.54) is 75.2 Å². The fraction of sp³-hybridized carbons (Fsp3) is 0.375. The summed E-state index contributed by atoms with van der Waals surface area (Å²) < 4.78 is 24.3. The molecule has 0 bridgehead atoms. The van der Waals surface area contributed by atoms with Crippen LogP contribution in [0.3, 0.4) is 0 Å². The van der Waals surface area contributed by atoms with Crippen LogP contribution in [0.4, 0.5) is 0 Å². The van der Waals surface area contributed by atoms with Gasteiger partial charge in [-0.2, -0.15) is 0 Å². The van der Waals surface area contributed by atoms with Crippen LogP contribution < -0.4 is 20.5 Å². The molecule has 1 unspecified atom stereocenters. The molecule has 65 heavy (non-hydrogen) atoms. The average Bonchev–Trinajstić information content (AvgIpc) is 3.83. The molecule has 0 aromatic heterocycles. The fourth-order valence-electron chi connectivity index (χ4n) is 9.31. The van der Waals surface area contributed by atoms with E-state index >= 15 is 0 Å². The van der Waals surface area contributed by atoms with Crippen LogP contribution in [0.5, 0.6) is 17.2 Å². The number of carbonyl (C=O) groups excluding carboxylic acids is 2. The summed E-state index contributed by atoms with van der Waals surface area (Å²) in [4.78, 5) is 43.3. The number of hydrogen-bond donors (Lipinski definition) is 7. The predicted molar refractivity (Wildman–Crippen MR) is 247 cm³/mol. The number of nitrogens with zero attached hydrogens (tertiary/aromatic N) is 1. The Kier molecular flexibility index (Phi) is 13.6. The summed E-state index contributed by atoms with van der Waals surface area (Å²) in [7, 11) is 2.74. The van der Waals surface area contributed by atoms with Crippen molar-refractivity contribution in [2.75, 3.05) is 31.3 Å². The molecule has 342 valence electrons. The number of carboxylic acids is 1. The smallest absolute Gasteiger partial charge is 0.335 e. The number of nitrogens with two attached hydrogens (primary N) is 1. The molecule has 2 saturated heterocycles. The van der Waals surface area contributed by atoms with E-state index in [4.69, 9.17) is 24.7 Å². The first kappa shape index (κ1) is 46.1. The Labute approximate surface area is 383 Å². The number of aromatic hydroxyl groups is 1. The third kappa shape index (κ3) is 8.86. The van der Waals surface area contributed by atoms with E-state index in [0.717, 1.165) is 11.1 Å². The Bertz CT molecular complexity index is 2470. The highest BCUT2D eigenvalue weighted by Gasteiger charge is 2.69. The van der Waals surface area contributed by atoms with Gasteiger partial charge in [0.2, 0.25) is 12.4 Å². The Hall–Kier alpha value is -5.40. The minimum atomic E-state index is -2.59. The van der Waals surface area contributed by atoms with Gasteiger partial charge in [-0.25, -0.2) is 4.79 Å². The van der Waals surface area contributed by atoms with E-state index in [1.54, 1.807) is 0 Å². The number of phenols is 1. The number of aliphatic hydroxyl groups excluding tert-OH is 2. The summed E-state index contributed by atoms with van der Waals surface area (Å²) in [5, 5.41) is 59.5. The number of benzene rings is 3. The fourth-order valence-corrected chi connectivity index (χ4v) is 11.4. The largest absolute Gasteiger partial charge is 0.508 e. The van der Waals surface area contributed by atoms with Gasteiger partial charge >= 0.3 is 5.97 Å². The Morgan fingerprint density at radius 2 is 1.88 bits per heavy atom. The number of β-amino-alcohol motifs (C(OH)–C–C–N with tert-alkyl or cyclic N) is 1. The number of allylic oxidation sites excluding steroid dienone is 5. The first-order valence-electron chi connectivity index (χ1n) is 21.3. The number of amides is 1. The zero-order valence-electron chi connectivity index (χ0n) is 35.6. The molecule has 4 heterocycles. The molecule has 1 aliphatic carbocycles. The van der Waals surface area contributed by atoms with E-state index in [-0.39, 0.29) is 64.1 Å². The molecular formula is C48H51N3O12S2. The maximum Gasteiger partial charge on any atom is 0.335 e. The van der Waals surface area contributed by atoms with Crippen molar-refractivity contribution in [3.63, 3.8) is 0 Å². The van der Waals surface area contributed by atoms with Gasteiger partial charge in [0.05, 0.1) is 17.7 Å². The average molecular weight is 926 g/mol. The zero-order valence-corrected chi connectivity index (χ0v) is 37.2. The van der Waals surface area contributed by atoms with E-state index in [0.29, 0.717) is 36.7 Å². The van der Waals surface area contributed by atoms with E-state index in [2.05, 4.69) is 66.7 Å². The van der Waals surface area contributed by atoms with Crippen LogP contribution in [-0.4, -0.2) is 117 Å². The standard InChI is InChI=1S/C48H51N3O12S2/c1-26-7-9-28(34-6-4-3-5-33(26)34)10-8-27(2)36-21-51-23-47(59)46(63-42(45(57)58)43(55)48(47,24-52)60-25-65-64-22-37(36)30-17-18-50-20-30)61-32-15-16-35-38(19-32)62-41(44(49)56)39(40(35)54)29-11-13-31(53)14-12-29/h3-7,9-17,19-20,24,26-27,36-37,41-43,46,51,53-55,59H,8,18,21-23,25H2,1-2H3,(H2,49,56)(H,57,58)/b28-10+/t26-,27+,36-,37+,41?,42-,43+,46+,47-,48-/m0/s1. The lowest BCUT2D eigenvalue weighted by molar-refractivity contribution is -0.340. The number of nitrogens with one attached hydrogen (secondary N) is 1. The Balaban J connectivity index is 1.13. The highest BCUT2D eigenvalue weighted by Crippen LogP contribution is 2.46. The van der Waals surface area contributed by atoms with Gasteiger partial charge in [-0.3, -0.25) is 14.6 Å². The van der Waals surface area contributed by atoms with Crippen molar-refractivity contribution in [3.8, 4) is 17.2 Å². The minimum absolute atomic E-state index is 0.00938. The number of primary amides is 1. The van der Waals surface area contributed by atoms with Crippen molar-refractivity contribution < 1.29 is 58.9 Å². The molecule has 3 aromatic rings. The molecule has 3 aromatic carbocycles. The van der Waals surface area contributed by atoms with E-state index < -0.39 is 54.2 Å². The summed E-state index contributed by atoms with van der Waals surface area (Å²) in [5.41, 5.74) is 5.79. The maximum atomic E-state index is 13.4. The van der Waals surface area contributed by atoms with E-state index in [1.807, 2.05) is 12.3 Å². The summed E-state index contributed by atoms with van der Waals surface area (Å²) in [6.45, 7) is 4.75. The maximum absolute atomic E-state index is 13.4. The van der Waals surface area contributed by atoms with Gasteiger partial charge in [-0.15, -0.1) is 0 Å². The third-order valence-corrected chi connectivity index (χ3v) is 15.0. The van der Waals surface area contributed by atoms with Crippen molar-refractivity contribution in [2.45, 2.75) is 62.0 Å². The van der Waals surface area contributed by atoms with Gasteiger partial charge in [0.15, 0.2) is 23.6 Å². The monoisotopic (exact) mass is 925 g/mol. The molecule has 1 amide bonds. The molecule has 0 saturated carbocycles. The van der Waals surface area contributed by atoms with Crippen molar-refractivity contribution in [1.29, 1.82) is 0 Å². The number of rotatable bonds is 10. The van der Waals surface area contributed by atoms with Crippen LogP contribution in [0.15, 0.2) is 102 Å². The summed E-state index contributed by atoms with van der Waals surface area (Å²) in [6.07, 6.45) is 3.83. The second-order valence-corrected chi connectivity index (χ2v) is 19.3. The molecule has 0 radical (unpaired) electrons. The number of aldehydes is 1. The first-order chi connectivity index (χ1) is 31.3. The van der Waals surface area contributed by atoms with Crippen LogP contribution in [0.2, 0.25) is 0 Å². The highest BCUT2D eigenvalue weighted by molar-refractivity contribution is 8.76. The molecule has 8 N–H and O–H groups in total. The number of phenolic OH excluding ortho intramolecular Hbond substituents is 1. The molecule has 0 spiro atoms. The van der Waals surface area contributed by atoms with Crippen LogP contribution >= 0.6 is 21.6 Å². The zero-order chi connectivity index (χ0) is 46.0. The number of hydrogen-bond acceptors (Lipinski definition) is 15. The van der Waals surface area contributed by atoms with Gasteiger partial charge in [-0.05, 0) is 88.7 Å². The Morgan fingerprint density at radius 3 is 2.60 bits per heavy atom. The molecule has 15 nitrogen and oxygen atoms in total. The van der Waals surface area contributed by atoms with Crippen molar-refractivity contribution >= 4 is 62.9 Å². The van der Waals surface area contributed by atoms with Crippen LogP contribution in [0, 0.1) is 17.8 Å². The van der Waals surface area contributed by atoms with E-state index in [9.17, 15) is 39.9 Å². The number of aliphatic hydroxyl groups is 3. The number of carbonyl (C=O) groups is 3. The van der Waals surface area contributed by atoms with Crippen LogP contribution in [0.25, 0.3) is 16.9 Å². The van der Waals surface area contributed by atoms with Gasteiger partial charge in [0, 0.05) is 24.6 Å². The number of fused-ring (bicyclic) bond motifs is 3. The third-order valence-electron chi connectivity index (χ3n) is 13.0. The lowest BCUT2D eigenvalue weighted by Gasteiger charge is -2.53. The highest BCUT2D eigenvalue weighted by atomic mass is 33.1. The summed E-state index contributed by atoms with van der Waals surface area (Å²) >= 11 is 0. The number of aliphatic carboxylic acids is 1. The van der Waals surface area contributed by atoms with Crippen molar-refractivity contribution in [1.82, 2.24) is 5.32 Å². The number of carboxylic acid groups (broad SMARTS) is 1. The number of aliphatic imine (C=N–C) groups is 1. The van der Waals surface area contributed by atoms with Gasteiger partial charge in [0.1, 0.15) is 35.1 Å². The quantitative estimate of drug-likeness (QED) is 0.101. The Morgan fingerprint density at radius 1 is 1.09 bits per heavy atom. The SMILES string of the molecule is C[C@H](C/C=C1\C=C[C@H](C)c2ccccc21)[C@@H]1CNC[C@]2(O)[C@H](Oc3ccc4c(c3)OC(C(N)=O)C(c3ccc(O)cc3)=C4O)O[C@H](C(=O)O)[C@@H](O)[C@]2(C=O)OCSSC[C@@H]1C1=CCN=C1. The molecular weight excluding hydrogens is 875 g/mol. The topological polar surface area (TPSA) is 240 Å². The number of ether oxygens (including phenoxy) is 4. The summed E-state index contributed by atoms with van der Waals surface area (Å²) in [6, 6.07) is 18.2. The molecule has 2 fully saturated rings. The predicted octanol–water partition coefficient (Wildman–Crippen LogP) is 5.27. The lowest BCUT2D eigenvalue weighted by atomic mass is 9.73. The minimum Gasteiger partial charge on any atom is -0.508 e. The first-order valence-corrected chi connectivity index (χ1v) is 23.8. The van der Waals surface area contributed by atoms with Gasteiger partial charge in [-0.1, -0.05) is 96.1 Å². The molecule has 4 aliphatic heterocycles. The lowest BCUT2D eigenvalue weighted by Crippen LogP contribution is -2.80. The van der Waals surface area contributed by atoms with Gasteiger partial charge in [0.25, 0.3) is 5.91 Å².